The molecule has 0 aromatic heterocycles. The van der Waals surface area contributed by atoms with Crippen LogP contribution in [-0.4, -0.2) is 35.8 Å². The number of nitrogens with zero attached hydrogens (tertiary/aromatic N) is 1. The average molecular weight is 353 g/mol. The number of amides is 2. The molecule has 2 unspecified atom stereocenters. The molecule has 136 valence electrons. The van der Waals surface area contributed by atoms with E-state index < -0.39 is 5.91 Å². The highest BCUT2D eigenvalue weighted by Crippen LogP contribution is 2.26. The van der Waals surface area contributed by atoms with Crippen molar-refractivity contribution in [2.45, 2.75) is 19.4 Å². The molecule has 0 aliphatic carbocycles. The second-order valence-corrected chi connectivity index (χ2v) is 6.66. The van der Waals surface area contributed by atoms with Gasteiger partial charge in [-0.2, -0.15) is 0 Å². The van der Waals surface area contributed by atoms with Crippen LogP contribution in [0.25, 0.3) is 0 Å². The summed E-state index contributed by atoms with van der Waals surface area (Å²) in [4.78, 5) is 25.7. The molecule has 2 amide bonds. The first-order chi connectivity index (χ1) is 12.5. The number of ether oxygens (including phenoxy) is 1. The van der Waals surface area contributed by atoms with E-state index >= 15 is 0 Å². The van der Waals surface area contributed by atoms with Crippen LogP contribution in [0.5, 0.6) is 11.5 Å². The van der Waals surface area contributed by atoms with Crippen LogP contribution in [0.1, 0.15) is 34.1 Å². The van der Waals surface area contributed by atoms with Gasteiger partial charge in [0.2, 0.25) is 5.91 Å². The zero-order valence-corrected chi connectivity index (χ0v) is 14.7. The van der Waals surface area contributed by atoms with Crippen LogP contribution in [0.2, 0.25) is 0 Å². The van der Waals surface area contributed by atoms with Gasteiger partial charge in [0.15, 0.2) is 0 Å². The van der Waals surface area contributed by atoms with Crippen LogP contribution >= 0.6 is 0 Å². The molecule has 0 saturated carbocycles. The van der Waals surface area contributed by atoms with Gasteiger partial charge in [-0.25, -0.2) is 0 Å². The van der Waals surface area contributed by atoms with E-state index in [-0.39, 0.29) is 11.9 Å². The molecule has 1 aliphatic rings. The molecule has 1 saturated heterocycles. The summed E-state index contributed by atoms with van der Waals surface area (Å²) in [5.74, 6) is 1.12. The van der Waals surface area contributed by atoms with Gasteiger partial charge in [-0.15, -0.1) is 0 Å². The normalized spacial score (nSPS) is 19.4. The summed E-state index contributed by atoms with van der Waals surface area (Å²) in [5.41, 5.74) is 12.0. The SMILES string of the molecule is CC1CC(CN)CN1C(=O)c1ccc(Oc2ccc(C(N)=O)cc2)cc1. The first-order valence-electron chi connectivity index (χ1n) is 8.66. The second kappa shape index (κ2) is 7.58. The lowest BCUT2D eigenvalue weighted by atomic mass is 10.1. The summed E-state index contributed by atoms with van der Waals surface area (Å²) in [5, 5.41) is 0. The van der Waals surface area contributed by atoms with Crippen LogP contribution in [0, 0.1) is 5.92 Å². The van der Waals surface area contributed by atoms with Crippen molar-refractivity contribution in [3.05, 3.63) is 59.7 Å². The maximum atomic E-state index is 12.7. The quantitative estimate of drug-likeness (QED) is 0.862. The molecule has 6 heteroatoms. The van der Waals surface area contributed by atoms with Crippen molar-refractivity contribution in [1.29, 1.82) is 0 Å². The van der Waals surface area contributed by atoms with E-state index in [1.165, 1.54) is 0 Å². The molecule has 2 aromatic carbocycles. The lowest BCUT2D eigenvalue weighted by molar-refractivity contribution is 0.0743. The monoisotopic (exact) mass is 353 g/mol. The third-order valence-electron chi connectivity index (χ3n) is 4.73. The molecule has 6 nitrogen and oxygen atoms in total. The minimum atomic E-state index is -0.479. The van der Waals surface area contributed by atoms with E-state index in [0.29, 0.717) is 41.6 Å². The minimum absolute atomic E-state index is 0.0193. The lowest BCUT2D eigenvalue weighted by Gasteiger charge is -2.21. The highest BCUT2D eigenvalue weighted by Gasteiger charge is 2.31. The van der Waals surface area contributed by atoms with Crippen LogP contribution < -0.4 is 16.2 Å². The van der Waals surface area contributed by atoms with E-state index in [1.807, 2.05) is 4.90 Å². The van der Waals surface area contributed by atoms with Crippen molar-refractivity contribution < 1.29 is 14.3 Å². The zero-order chi connectivity index (χ0) is 18.7. The third kappa shape index (κ3) is 3.86. The fourth-order valence-corrected chi connectivity index (χ4v) is 3.25. The number of carbonyl (C=O) groups excluding carboxylic acids is 2. The lowest BCUT2D eigenvalue weighted by Crippen LogP contribution is -2.34. The van der Waals surface area contributed by atoms with Gasteiger partial charge >= 0.3 is 0 Å². The van der Waals surface area contributed by atoms with Crippen molar-refractivity contribution in [3.63, 3.8) is 0 Å². The molecule has 0 bridgehead atoms. The number of carbonyl (C=O) groups is 2. The fourth-order valence-electron chi connectivity index (χ4n) is 3.25. The molecule has 4 N–H and O–H groups in total. The predicted molar refractivity (Wildman–Crippen MR) is 99.1 cm³/mol. The van der Waals surface area contributed by atoms with E-state index in [2.05, 4.69) is 6.92 Å². The molecular weight excluding hydrogens is 330 g/mol. The van der Waals surface area contributed by atoms with Gasteiger partial charge in [0.05, 0.1) is 0 Å². The van der Waals surface area contributed by atoms with Crippen molar-refractivity contribution >= 4 is 11.8 Å². The summed E-state index contributed by atoms with van der Waals surface area (Å²) in [6.07, 6.45) is 0.949. The fraction of sp³-hybridized carbons (Fsp3) is 0.300. The Kier molecular flexibility index (Phi) is 5.23. The summed E-state index contributed by atoms with van der Waals surface area (Å²) in [6.45, 7) is 3.37. The zero-order valence-electron chi connectivity index (χ0n) is 14.7. The van der Waals surface area contributed by atoms with Crippen LogP contribution in [0.15, 0.2) is 48.5 Å². The number of primary amides is 1. The van der Waals surface area contributed by atoms with E-state index in [4.69, 9.17) is 16.2 Å². The van der Waals surface area contributed by atoms with Crippen molar-refractivity contribution in [2.75, 3.05) is 13.1 Å². The molecule has 0 radical (unpaired) electrons. The van der Waals surface area contributed by atoms with Crippen LogP contribution in [0.4, 0.5) is 0 Å². The number of rotatable bonds is 5. The Morgan fingerprint density at radius 1 is 1.04 bits per heavy atom. The smallest absolute Gasteiger partial charge is 0.254 e. The number of hydrogen-bond acceptors (Lipinski definition) is 4. The largest absolute Gasteiger partial charge is 0.457 e. The first kappa shape index (κ1) is 17.9. The van der Waals surface area contributed by atoms with Crippen molar-refractivity contribution in [3.8, 4) is 11.5 Å². The molecule has 1 heterocycles. The second-order valence-electron chi connectivity index (χ2n) is 6.66. The summed E-state index contributed by atoms with van der Waals surface area (Å²) >= 11 is 0. The Morgan fingerprint density at radius 3 is 2.04 bits per heavy atom. The van der Waals surface area contributed by atoms with Gasteiger partial charge < -0.3 is 21.1 Å². The van der Waals surface area contributed by atoms with Gasteiger partial charge in [0.1, 0.15) is 11.5 Å². The molecular formula is C20H23N3O3. The number of likely N-dealkylation sites (tertiary alicyclic amines) is 1. The highest BCUT2D eigenvalue weighted by molar-refractivity contribution is 5.94. The van der Waals surface area contributed by atoms with Crippen LogP contribution in [-0.2, 0) is 0 Å². The summed E-state index contributed by atoms with van der Waals surface area (Å²) in [6, 6.07) is 13.8. The minimum Gasteiger partial charge on any atom is -0.457 e. The molecule has 1 aliphatic heterocycles. The molecule has 3 rings (SSSR count). The van der Waals surface area contributed by atoms with Gasteiger partial charge in [0, 0.05) is 23.7 Å². The number of hydrogen-bond donors (Lipinski definition) is 2. The average Bonchev–Trinajstić information content (AvgIpc) is 3.03. The van der Waals surface area contributed by atoms with E-state index in [0.717, 1.165) is 6.42 Å². The van der Waals surface area contributed by atoms with Crippen molar-refractivity contribution in [2.24, 2.45) is 17.4 Å². The predicted octanol–water partition coefficient (Wildman–Crippen LogP) is 2.39. The van der Waals surface area contributed by atoms with Gasteiger partial charge in [-0.05, 0) is 74.3 Å². The topological polar surface area (TPSA) is 98.7 Å². The molecule has 0 spiro atoms. The standard InChI is InChI=1S/C20H23N3O3/c1-13-10-14(11-21)12-23(13)20(25)16-4-8-18(9-5-16)26-17-6-2-15(3-7-17)19(22)24/h2-9,13-14H,10-12,21H2,1H3,(H2,22,24). The Hall–Kier alpha value is -2.86. The summed E-state index contributed by atoms with van der Waals surface area (Å²) < 4.78 is 5.74. The molecule has 2 atom stereocenters. The van der Waals surface area contributed by atoms with Crippen molar-refractivity contribution in [1.82, 2.24) is 4.90 Å². The maximum absolute atomic E-state index is 12.7. The molecule has 26 heavy (non-hydrogen) atoms. The highest BCUT2D eigenvalue weighted by atomic mass is 16.5. The number of nitrogens with two attached hydrogens (primary N) is 2. The Labute approximate surface area is 152 Å². The third-order valence-corrected chi connectivity index (χ3v) is 4.73. The van der Waals surface area contributed by atoms with Gasteiger partial charge in [0.25, 0.3) is 5.91 Å². The van der Waals surface area contributed by atoms with Crippen LogP contribution in [0.3, 0.4) is 0 Å². The Bertz CT molecular complexity index is 787. The van der Waals surface area contributed by atoms with E-state index in [9.17, 15) is 9.59 Å². The maximum Gasteiger partial charge on any atom is 0.254 e. The van der Waals surface area contributed by atoms with Gasteiger partial charge in [-0.1, -0.05) is 0 Å². The van der Waals surface area contributed by atoms with E-state index in [1.54, 1.807) is 48.5 Å². The first-order valence-corrected chi connectivity index (χ1v) is 8.66. The number of benzene rings is 2. The molecule has 1 fully saturated rings. The molecule has 2 aromatic rings. The summed E-state index contributed by atoms with van der Waals surface area (Å²) in [7, 11) is 0. The Balaban J connectivity index is 1.66. The Morgan fingerprint density at radius 2 is 1.58 bits per heavy atom. The van der Waals surface area contributed by atoms with Gasteiger partial charge in [-0.3, -0.25) is 9.59 Å².